The number of carbonyl (C=O) groups excluding carboxylic acids is 1. The summed E-state index contributed by atoms with van der Waals surface area (Å²) in [7, 11) is 1.29. The molecule has 0 spiro atoms. The molecule has 0 aromatic heterocycles. The summed E-state index contributed by atoms with van der Waals surface area (Å²) >= 11 is 6.56. The van der Waals surface area contributed by atoms with Crippen molar-refractivity contribution >= 4 is 25.8 Å². The lowest BCUT2D eigenvalue weighted by molar-refractivity contribution is 0.0765. The van der Waals surface area contributed by atoms with Crippen LogP contribution in [0.1, 0.15) is 47.8 Å². The number of rotatable bonds is 7. The number of nitrogens with zero attached hydrogens (tertiary/aromatic N) is 1. The highest BCUT2D eigenvalue weighted by Gasteiger charge is 2.38. The smallest absolute Gasteiger partial charge is 0.254 e. The van der Waals surface area contributed by atoms with Gasteiger partial charge < -0.3 is 18.8 Å². The second-order valence-corrected chi connectivity index (χ2v) is 14.7. The number of benzene rings is 2. The second kappa shape index (κ2) is 8.85. The molecule has 0 atom stereocenters. The summed E-state index contributed by atoms with van der Waals surface area (Å²) in [5, 5.41) is 0.749. The second-order valence-electron chi connectivity index (χ2n) is 9.44. The Morgan fingerprint density at radius 1 is 1.10 bits per heavy atom. The highest BCUT2D eigenvalue weighted by Crippen LogP contribution is 2.39. The van der Waals surface area contributed by atoms with E-state index in [2.05, 4.69) is 33.9 Å². The van der Waals surface area contributed by atoms with Crippen LogP contribution in [-0.2, 0) is 24.1 Å². The molecule has 2 aromatic carbocycles. The highest BCUT2D eigenvalue weighted by molar-refractivity contribution is 6.74. The van der Waals surface area contributed by atoms with Crippen LogP contribution in [0.15, 0.2) is 30.3 Å². The summed E-state index contributed by atoms with van der Waals surface area (Å²) in [6.45, 7) is 12.4. The monoisotopic (exact) mass is 461 g/mol. The summed E-state index contributed by atoms with van der Waals surface area (Å²) in [6.07, 6.45) is 0. The van der Waals surface area contributed by atoms with Gasteiger partial charge in [0.05, 0.1) is 20.8 Å². The number of carbonyl (C=O) groups is 1. The fourth-order valence-corrected chi connectivity index (χ4v) is 4.59. The number of methoxy groups -OCH3 is 2. The molecule has 168 valence electrons. The molecule has 0 bridgehead atoms. The Balaban J connectivity index is 1.85. The maximum Gasteiger partial charge on any atom is 0.254 e. The van der Waals surface area contributed by atoms with Gasteiger partial charge in [-0.2, -0.15) is 0 Å². The minimum Gasteiger partial charge on any atom is -0.497 e. The average Bonchev–Trinajstić information content (AvgIpc) is 3.02. The normalized spacial score (nSPS) is 14.1. The van der Waals surface area contributed by atoms with Crippen LogP contribution in [0.4, 0.5) is 0 Å². The van der Waals surface area contributed by atoms with Gasteiger partial charge in [0.2, 0.25) is 0 Å². The molecular weight excluding hydrogens is 430 g/mol. The molecule has 1 aliphatic rings. The Labute approximate surface area is 191 Å². The third-order valence-electron chi connectivity index (χ3n) is 6.48. The number of ether oxygens (including phenoxy) is 2. The van der Waals surface area contributed by atoms with Crippen LogP contribution < -0.4 is 9.47 Å². The number of fused-ring (bicyclic) bond motifs is 1. The van der Waals surface area contributed by atoms with Gasteiger partial charge in [0.25, 0.3) is 5.91 Å². The summed E-state index contributed by atoms with van der Waals surface area (Å²) < 4.78 is 17.2. The van der Waals surface area contributed by atoms with Crippen LogP contribution in [0.2, 0.25) is 23.2 Å². The van der Waals surface area contributed by atoms with Crippen LogP contribution in [0.25, 0.3) is 0 Å². The van der Waals surface area contributed by atoms with Crippen LogP contribution in [0, 0.1) is 0 Å². The van der Waals surface area contributed by atoms with E-state index in [9.17, 15) is 4.79 Å². The van der Waals surface area contributed by atoms with E-state index in [0.29, 0.717) is 41.8 Å². The molecule has 31 heavy (non-hydrogen) atoms. The molecule has 0 aliphatic carbocycles. The lowest BCUT2D eigenvalue weighted by atomic mass is 10.0. The predicted octanol–water partition coefficient (Wildman–Crippen LogP) is 6.04. The zero-order valence-corrected chi connectivity index (χ0v) is 21.2. The van der Waals surface area contributed by atoms with Crippen molar-refractivity contribution in [1.29, 1.82) is 0 Å². The third-order valence-corrected chi connectivity index (χ3v) is 11.3. The maximum absolute atomic E-state index is 13.1. The van der Waals surface area contributed by atoms with E-state index in [1.54, 1.807) is 20.3 Å². The van der Waals surface area contributed by atoms with Crippen molar-refractivity contribution in [3.8, 4) is 11.5 Å². The first-order valence-corrected chi connectivity index (χ1v) is 13.7. The third kappa shape index (κ3) is 4.76. The van der Waals surface area contributed by atoms with Crippen molar-refractivity contribution in [2.24, 2.45) is 0 Å². The molecule has 0 saturated carbocycles. The molecule has 0 unspecified atom stereocenters. The van der Waals surface area contributed by atoms with Gasteiger partial charge in [-0.3, -0.25) is 4.79 Å². The Morgan fingerprint density at radius 3 is 2.42 bits per heavy atom. The first-order chi connectivity index (χ1) is 14.5. The number of hydrogen-bond acceptors (Lipinski definition) is 4. The molecule has 1 aliphatic heterocycles. The van der Waals surface area contributed by atoms with Gasteiger partial charge in [0.15, 0.2) is 8.32 Å². The quantitative estimate of drug-likeness (QED) is 0.472. The SMILES string of the molecule is COc1ccc(CN2Cc3c(ccc(Cl)c3CO[Si](C)(C)C(C)(C)C)C2=O)c(OC)c1. The van der Waals surface area contributed by atoms with Crippen molar-refractivity contribution < 1.29 is 18.7 Å². The van der Waals surface area contributed by atoms with Crippen LogP contribution in [-0.4, -0.2) is 33.3 Å². The zero-order valence-electron chi connectivity index (χ0n) is 19.5. The lowest BCUT2D eigenvalue weighted by Crippen LogP contribution is -2.40. The van der Waals surface area contributed by atoms with E-state index in [0.717, 1.165) is 16.7 Å². The van der Waals surface area contributed by atoms with Gasteiger partial charge in [-0.25, -0.2) is 0 Å². The Bertz CT molecular complexity index is 984. The van der Waals surface area contributed by atoms with Crippen molar-refractivity contribution in [3.63, 3.8) is 0 Å². The summed E-state index contributed by atoms with van der Waals surface area (Å²) in [4.78, 5) is 15.0. The molecule has 2 aromatic rings. The summed E-state index contributed by atoms with van der Waals surface area (Å²) in [6, 6.07) is 9.27. The minimum atomic E-state index is -1.95. The lowest BCUT2D eigenvalue weighted by Gasteiger charge is -2.36. The van der Waals surface area contributed by atoms with Gasteiger partial charge in [-0.05, 0) is 48.0 Å². The summed E-state index contributed by atoms with van der Waals surface area (Å²) in [5.74, 6) is 1.41. The van der Waals surface area contributed by atoms with Gasteiger partial charge in [0, 0.05) is 40.9 Å². The Morgan fingerprint density at radius 2 is 1.81 bits per heavy atom. The largest absolute Gasteiger partial charge is 0.497 e. The van der Waals surface area contributed by atoms with E-state index in [-0.39, 0.29) is 10.9 Å². The predicted molar refractivity (Wildman–Crippen MR) is 127 cm³/mol. The maximum atomic E-state index is 13.1. The molecular formula is C24H32ClNO4Si. The molecule has 1 amide bonds. The van der Waals surface area contributed by atoms with Crippen molar-refractivity contribution in [2.45, 2.75) is 58.6 Å². The molecule has 3 rings (SSSR count). The van der Waals surface area contributed by atoms with Gasteiger partial charge in [-0.1, -0.05) is 32.4 Å². The Kier molecular flexibility index (Phi) is 6.74. The minimum absolute atomic E-state index is 0.00175. The first kappa shape index (κ1) is 23.6. The first-order valence-electron chi connectivity index (χ1n) is 10.4. The van der Waals surface area contributed by atoms with Crippen LogP contribution in [0.3, 0.4) is 0 Å². The molecule has 0 fully saturated rings. The number of hydrogen-bond donors (Lipinski definition) is 0. The number of halogens is 1. The van der Waals surface area contributed by atoms with Crippen molar-refractivity contribution in [3.05, 3.63) is 57.6 Å². The van der Waals surface area contributed by atoms with E-state index in [1.807, 2.05) is 29.2 Å². The van der Waals surface area contributed by atoms with Gasteiger partial charge in [0.1, 0.15) is 11.5 Å². The molecule has 0 radical (unpaired) electrons. The number of amides is 1. The topological polar surface area (TPSA) is 48.0 Å². The van der Waals surface area contributed by atoms with Gasteiger partial charge in [-0.15, -0.1) is 0 Å². The molecule has 7 heteroatoms. The zero-order chi connectivity index (χ0) is 23.0. The highest BCUT2D eigenvalue weighted by atomic mass is 35.5. The fraction of sp³-hybridized carbons (Fsp3) is 0.458. The van der Waals surface area contributed by atoms with Crippen molar-refractivity contribution in [1.82, 2.24) is 4.90 Å². The Hall–Kier alpha value is -2.02. The van der Waals surface area contributed by atoms with Crippen molar-refractivity contribution in [2.75, 3.05) is 14.2 Å². The van der Waals surface area contributed by atoms with E-state index in [1.165, 1.54) is 0 Å². The molecule has 1 heterocycles. The molecule has 0 saturated heterocycles. The summed E-state index contributed by atoms with van der Waals surface area (Å²) in [5.41, 5.74) is 3.51. The molecule has 5 nitrogen and oxygen atoms in total. The average molecular weight is 462 g/mol. The van der Waals surface area contributed by atoms with Crippen LogP contribution >= 0.6 is 11.6 Å². The van der Waals surface area contributed by atoms with Gasteiger partial charge >= 0.3 is 0 Å². The van der Waals surface area contributed by atoms with Crippen LogP contribution in [0.5, 0.6) is 11.5 Å². The van der Waals surface area contributed by atoms with E-state index >= 15 is 0 Å². The fourth-order valence-electron chi connectivity index (χ4n) is 3.42. The standard InChI is InChI=1S/C24H32ClNO4Si/c1-24(2,3)31(6,7)30-15-20-19-14-26(23(27)18(19)10-11-21(20)25)13-16-8-9-17(28-4)12-22(16)29-5/h8-12H,13-15H2,1-7H3. The molecule has 0 N–H and O–H groups in total. The van der Waals surface area contributed by atoms with E-state index in [4.69, 9.17) is 25.5 Å². The van der Waals surface area contributed by atoms with E-state index < -0.39 is 8.32 Å².